The van der Waals surface area contributed by atoms with Crippen molar-refractivity contribution in [2.24, 2.45) is 0 Å². The summed E-state index contributed by atoms with van der Waals surface area (Å²) in [5.41, 5.74) is 0. The summed E-state index contributed by atoms with van der Waals surface area (Å²) in [7, 11) is 0. The fraction of sp³-hybridized carbons (Fsp3) is 1.00. The molecule has 0 aromatic carbocycles. The first-order valence-electron chi connectivity index (χ1n) is 2.32. The van der Waals surface area contributed by atoms with Crippen molar-refractivity contribution in [3.05, 3.63) is 0 Å². The summed E-state index contributed by atoms with van der Waals surface area (Å²) in [6, 6.07) is 0. The lowest BCUT2D eigenvalue weighted by molar-refractivity contribution is 0.798. The van der Waals surface area contributed by atoms with Crippen LogP contribution >= 0.6 is 27.7 Å². The van der Waals surface area contributed by atoms with E-state index >= 15 is 0 Å². The van der Waals surface area contributed by atoms with Crippen molar-refractivity contribution in [2.45, 2.75) is 16.5 Å². The van der Waals surface area contributed by atoms with Gasteiger partial charge in [0.05, 0.1) is 0 Å². The molecule has 1 nitrogen and oxygen atoms in total. The van der Waals surface area contributed by atoms with Crippen LogP contribution in [0.15, 0.2) is 0 Å². The maximum atomic E-state index is 3.43. The molecule has 1 aliphatic rings. The third-order valence-electron chi connectivity index (χ3n) is 0.918. The molecule has 1 aliphatic heterocycles. The molecule has 1 heterocycles. The van der Waals surface area contributed by atoms with Crippen LogP contribution in [0.1, 0.15) is 6.92 Å². The predicted molar refractivity (Wildman–Crippen MR) is 37.8 cm³/mol. The van der Waals surface area contributed by atoms with Crippen molar-refractivity contribution in [3.8, 4) is 0 Å². The summed E-state index contributed by atoms with van der Waals surface area (Å²) < 4.78 is 0.502. The van der Waals surface area contributed by atoms with E-state index in [-0.39, 0.29) is 0 Å². The molecule has 0 saturated carbocycles. The molecule has 2 atom stereocenters. The summed E-state index contributed by atoms with van der Waals surface area (Å²) in [5.74, 6) is 0. The number of thioether (sulfide) groups is 1. The summed E-state index contributed by atoms with van der Waals surface area (Å²) in [6.07, 6.45) is 0. The number of hydrogen-bond acceptors (Lipinski definition) is 2. The van der Waals surface area contributed by atoms with Gasteiger partial charge in [-0.25, -0.2) is 0 Å². The third kappa shape index (κ3) is 1.63. The van der Waals surface area contributed by atoms with Gasteiger partial charge in [0.1, 0.15) is 4.28 Å². The molecule has 0 radical (unpaired) electrons. The Morgan fingerprint density at radius 3 is 2.71 bits per heavy atom. The van der Waals surface area contributed by atoms with Gasteiger partial charge in [-0.15, -0.1) is 11.8 Å². The van der Waals surface area contributed by atoms with E-state index in [2.05, 4.69) is 28.2 Å². The molecule has 0 spiro atoms. The zero-order chi connectivity index (χ0) is 5.28. The second-order valence-electron chi connectivity index (χ2n) is 1.67. The second kappa shape index (κ2) is 2.37. The van der Waals surface area contributed by atoms with Gasteiger partial charge in [-0.05, 0) is 0 Å². The van der Waals surface area contributed by atoms with Gasteiger partial charge in [-0.3, -0.25) is 5.32 Å². The molecule has 2 unspecified atom stereocenters. The van der Waals surface area contributed by atoms with Crippen LogP contribution in [-0.4, -0.2) is 16.1 Å². The number of alkyl halides is 1. The van der Waals surface area contributed by atoms with E-state index in [9.17, 15) is 0 Å². The topological polar surface area (TPSA) is 12.0 Å². The lowest BCUT2D eigenvalue weighted by Gasteiger charge is -1.94. The van der Waals surface area contributed by atoms with Crippen LogP contribution in [0.2, 0.25) is 0 Å². The Morgan fingerprint density at radius 1 is 1.86 bits per heavy atom. The fourth-order valence-corrected chi connectivity index (χ4v) is 2.64. The molecule has 7 heavy (non-hydrogen) atoms. The molecule has 0 amide bonds. The Balaban J connectivity index is 2.26. The fourth-order valence-electron chi connectivity index (χ4n) is 0.559. The van der Waals surface area contributed by atoms with Gasteiger partial charge >= 0.3 is 0 Å². The first-order valence-corrected chi connectivity index (χ1v) is 4.18. The Morgan fingerprint density at radius 2 is 2.57 bits per heavy atom. The normalized spacial score (nSPS) is 42.0. The van der Waals surface area contributed by atoms with Crippen LogP contribution in [0, 0.1) is 0 Å². The third-order valence-corrected chi connectivity index (χ3v) is 2.93. The number of hydrogen-bond donors (Lipinski definition) is 1. The van der Waals surface area contributed by atoms with Crippen molar-refractivity contribution >= 4 is 27.7 Å². The van der Waals surface area contributed by atoms with Crippen LogP contribution < -0.4 is 5.32 Å². The molecule has 0 bridgehead atoms. The van der Waals surface area contributed by atoms with E-state index in [4.69, 9.17) is 0 Å². The second-order valence-corrected chi connectivity index (χ2v) is 4.74. The highest BCUT2D eigenvalue weighted by atomic mass is 79.9. The quantitative estimate of drug-likeness (QED) is 0.448. The molecular formula is C4H8BrNS. The van der Waals surface area contributed by atoms with E-state index in [0.717, 1.165) is 11.8 Å². The summed E-state index contributed by atoms with van der Waals surface area (Å²) in [5, 5.41) is 4.03. The number of nitrogens with one attached hydrogen (secondary N) is 1. The largest absolute Gasteiger partial charge is 0.295 e. The summed E-state index contributed by atoms with van der Waals surface area (Å²) in [4.78, 5) is 0. The van der Waals surface area contributed by atoms with Crippen LogP contribution in [0.4, 0.5) is 0 Å². The smallest absolute Gasteiger partial charge is 0.110 e. The SMILES string of the molecule is CC1CNC(Br)S1. The molecule has 0 aliphatic carbocycles. The Kier molecular flexibility index (Phi) is 2.01. The first kappa shape index (κ1) is 5.92. The number of halogens is 1. The van der Waals surface area contributed by atoms with E-state index in [1.165, 1.54) is 0 Å². The van der Waals surface area contributed by atoms with Crippen molar-refractivity contribution in [2.75, 3.05) is 6.54 Å². The molecule has 0 aromatic heterocycles. The molecule has 1 rings (SSSR count). The zero-order valence-corrected chi connectivity index (χ0v) is 6.55. The Labute approximate surface area is 56.4 Å². The minimum Gasteiger partial charge on any atom is -0.295 e. The standard InChI is InChI=1S/C4H8BrNS/c1-3-2-6-4(5)7-3/h3-4,6H,2H2,1H3. The van der Waals surface area contributed by atoms with Crippen LogP contribution in [-0.2, 0) is 0 Å². The van der Waals surface area contributed by atoms with Gasteiger partial charge in [0.15, 0.2) is 0 Å². The van der Waals surface area contributed by atoms with Gasteiger partial charge in [-0.2, -0.15) is 0 Å². The molecule has 1 saturated heterocycles. The van der Waals surface area contributed by atoms with Crippen LogP contribution in [0.3, 0.4) is 0 Å². The van der Waals surface area contributed by atoms with Gasteiger partial charge in [0, 0.05) is 11.8 Å². The summed E-state index contributed by atoms with van der Waals surface area (Å²) >= 11 is 5.36. The molecule has 1 N–H and O–H groups in total. The van der Waals surface area contributed by atoms with Crippen LogP contribution in [0.5, 0.6) is 0 Å². The molecule has 0 aromatic rings. The highest BCUT2D eigenvalue weighted by molar-refractivity contribution is 9.11. The minimum atomic E-state index is 0.502. The van der Waals surface area contributed by atoms with Gasteiger partial charge in [0.25, 0.3) is 0 Å². The Bertz CT molecular complexity index is 60.7. The van der Waals surface area contributed by atoms with E-state index in [1.807, 2.05) is 11.8 Å². The highest BCUT2D eigenvalue weighted by Gasteiger charge is 2.16. The maximum absolute atomic E-state index is 3.43. The van der Waals surface area contributed by atoms with Crippen molar-refractivity contribution < 1.29 is 0 Å². The van der Waals surface area contributed by atoms with Gasteiger partial charge in [0.2, 0.25) is 0 Å². The monoisotopic (exact) mass is 181 g/mol. The van der Waals surface area contributed by atoms with E-state index in [1.54, 1.807) is 0 Å². The molecule has 1 fully saturated rings. The van der Waals surface area contributed by atoms with Gasteiger partial charge < -0.3 is 0 Å². The average Bonchev–Trinajstić information content (AvgIpc) is 1.87. The van der Waals surface area contributed by atoms with Crippen LogP contribution in [0.25, 0.3) is 0 Å². The van der Waals surface area contributed by atoms with Crippen molar-refractivity contribution in [3.63, 3.8) is 0 Å². The first-order chi connectivity index (χ1) is 3.29. The minimum absolute atomic E-state index is 0.502. The molecule has 3 heteroatoms. The highest BCUT2D eigenvalue weighted by Crippen LogP contribution is 2.25. The number of rotatable bonds is 0. The van der Waals surface area contributed by atoms with E-state index in [0.29, 0.717) is 4.28 Å². The lowest BCUT2D eigenvalue weighted by Crippen LogP contribution is -2.14. The maximum Gasteiger partial charge on any atom is 0.110 e. The average molecular weight is 182 g/mol. The Hall–Kier alpha value is 0.790. The molecule has 42 valence electrons. The summed E-state index contributed by atoms with van der Waals surface area (Å²) in [6.45, 7) is 3.36. The molecular weight excluding hydrogens is 174 g/mol. The van der Waals surface area contributed by atoms with Gasteiger partial charge in [-0.1, -0.05) is 22.9 Å². The van der Waals surface area contributed by atoms with Crippen molar-refractivity contribution in [1.29, 1.82) is 0 Å². The zero-order valence-electron chi connectivity index (χ0n) is 4.15. The van der Waals surface area contributed by atoms with Crippen molar-refractivity contribution in [1.82, 2.24) is 5.32 Å². The lowest BCUT2D eigenvalue weighted by atomic mass is 10.5. The predicted octanol–water partition coefficient (Wildman–Crippen LogP) is 1.39. The van der Waals surface area contributed by atoms with E-state index < -0.39 is 0 Å².